The molecule has 0 N–H and O–H groups in total. The van der Waals surface area contributed by atoms with E-state index in [0.717, 1.165) is 25.0 Å². The Bertz CT molecular complexity index is 968. The molecular formula is C20H22ClN3O2S. The molecule has 1 aliphatic rings. The molecule has 3 rings (SSSR count). The summed E-state index contributed by atoms with van der Waals surface area (Å²) in [5.41, 5.74) is 1.48. The largest absolute Gasteiger partial charge is 0.316 e. The maximum Gasteiger partial charge on any atom is 0.262 e. The van der Waals surface area contributed by atoms with Crippen LogP contribution < -0.4 is 5.56 Å². The van der Waals surface area contributed by atoms with Crippen LogP contribution in [0.25, 0.3) is 10.9 Å². The molecule has 5 nitrogen and oxygen atoms in total. The molecule has 0 unspecified atom stereocenters. The van der Waals surface area contributed by atoms with Crippen LogP contribution in [0.3, 0.4) is 0 Å². The molecule has 1 amide bonds. The van der Waals surface area contributed by atoms with E-state index in [4.69, 9.17) is 11.6 Å². The minimum atomic E-state index is -0.155. The van der Waals surface area contributed by atoms with Crippen molar-refractivity contribution in [2.24, 2.45) is 0 Å². The SMILES string of the molecule is C=CCn1c(SCC(=O)N(CC)C2=CCCC2)nc2cc(Cl)ccc2c1=O. The van der Waals surface area contributed by atoms with Crippen molar-refractivity contribution in [2.45, 2.75) is 37.9 Å². The first kappa shape index (κ1) is 19.7. The maximum atomic E-state index is 12.8. The zero-order chi connectivity index (χ0) is 19.4. The van der Waals surface area contributed by atoms with E-state index in [0.29, 0.717) is 34.2 Å². The molecule has 27 heavy (non-hydrogen) atoms. The Morgan fingerprint density at radius 3 is 2.96 bits per heavy atom. The number of hydrogen-bond acceptors (Lipinski definition) is 4. The second-order valence-corrected chi connectivity index (χ2v) is 7.65. The van der Waals surface area contributed by atoms with Gasteiger partial charge in [-0.05, 0) is 44.4 Å². The number of thioether (sulfide) groups is 1. The molecule has 0 saturated heterocycles. The Kier molecular flexibility index (Phi) is 6.39. The molecule has 0 spiro atoms. The fourth-order valence-corrected chi connectivity index (χ4v) is 4.27. The first-order chi connectivity index (χ1) is 13.0. The van der Waals surface area contributed by atoms with E-state index >= 15 is 0 Å². The lowest BCUT2D eigenvalue weighted by Gasteiger charge is -2.22. The molecule has 2 aromatic rings. The van der Waals surface area contributed by atoms with Crippen LogP contribution in [0.5, 0.6) is 0 Å². The Balaban J connectivity index is 1.88. The number of hydrogen-bond donors (Lipinski definition) is 0. The van der Waals surface area contributed by atoms with Gasteiger partial charge in [0.1, 0.15) is 0 Å². The number of allylic oxidation sites excluding steroid dienone is 3. The van der Waals surface area contributed by atoms with Gasteiger partial charge in [0.25, 0.3) is 5.56 Å². The lowest BCUT2D eigenvalue weighted by atomic mass is 10.2. The van der Waals surface area contributed by atoms with Gasteiger partial charge in [-0.3, -0.25) is 14.2 Å². The predicted molar refractivity (Wildman–Crippen MR) is 111 cm³/mol. The lowest BCUT2D eigenvalue weighted by molar-refractivity contribution is -0.126. The second kappa shape index (κ2) is 8.76. The minimum Gasteiger partial charge on any atom is -0.316 e. The minimum absolute atomic E-state index is 0.0289. The van der Waals surface area contributed by atoms with E-state index in [-0.39, 0.29) is 17.2 Å². The number of fused-ring (bicyclic) bond motifs is 1. The van der Waals surface area contributed by atoms with E-state index in [1.165, 1.54) is 11.8 Å². The van der Waals surface area contributed by atoms with Gasteiger partial charge in [0.05, 0.1) is 16.7 Å². The van der Waals surface area contributed by atoms with E-state index in [2.05, 4.69) is 17.6 Å². The van der Waals surface area contributed by atoms with Gasteiger partial charge < -0.3 is 4.90 Å². The van der Waals surface area contributed by atoms with Gasteiger partial charge in [0.2, 0.25) is 5.91 Å². The van der Waals surface area contributed by atoms with E-state index < -0.39 is 0 Å². The first-order valence-electron chi connectivity index (χ1n) is 8.98. The van der Waals surface area contributed by atoms with Gasteiger partial charge in [0, 0.05) is 23.8 Å². The van der Waals surface area contributed by atoms with Crippen molar-refractivity contribution in [3.8, 4) is 0 Å². The quantitative estimate of drug-likeness (QED) is 0.394. The van der Waals surface area contributed by atoms with Crippen LogP contribution in [-0.4, -0.2) is 32.7 Å². The third-order valence-electron chi connectivity index (χ3n) is 4.50. The molecule has 7 heteroatoms. The molecule has 0 bridgehead atoms. The zero-order valence-electron chi connectivity index (χ0n) is 15.3. The number of amides is 1. The Morgan fingerprint density at radius 2 is 2.30 bits per heavy atom. The average molecular weight is 404 g/mol. The summed E-state index contributed by atoms with van der Waals surface area (Å²) in [6.45, 7) is 6.68. The van der Waals surface area contributed by atoms with Crippen molar-refractivity contribution in [3.05, 3.63) is 58.0 Å². The number of halogens is 1. The zero-order valence-corrected chi connectivity index (χ0v) is 16.9. The molecule has 1 aromatic carbocycles. The van der Waals surface area contributed by atoms with Crippen LogP contribution >= 0.6 is 23.4 Å². The van der Waals surface area contributed by atoms with E-state index in [1.54, 1.807) is 28.8 Å². The van der Waals surface area contributed by atoms with Crippen molar-refractivity contribution in [3.63, 3.8) is 0 Å². The van der Waals surface area contributed by atoms with Gasteiger partial charge in [-0.15, -0.1) is 6.58 Å². The average Bonchev–Trinajstić information content (AvgIpc) is 3.17. The molecule has 0 aliphatic heterocycles. The molecule has 1 aromatic heterocycles. The third kappa shape index (κ3) is 4.28. The molecule has 142 valence electrons. The highest BCUT2D eigenvalue weighted by atomic mass is 35.5. The predicted octanol–water partition coefficient (Wildman–Crippen LogP) is 4.24. The van der Waals surface area contributed by atoms with Gasteiger partial charge in [-0.1, -0.05) is 35.5 Å². The summed E-state index contributed by atoms with van der Waals surface area (Å²) in [5, 5.41) is 1.52. The number of carbonyl (C=O) groups is 1. The van der Waals surface area contributed by atoms with Crippen LogP contribution in [0.2, 0.25) is 5.02 Å². The highest BCUT2D eigenvalue weighted by Crippen LogP contribution is 2.24. The van der Waals surface area contributed by atoms with Gasteiger partial charge in [-0.25, -0.2) is 4.98 Å². The summed E-state index contributed by atoms with van der Waals surface area (Å²) in [5.74, 6) is 0.252. The summed E-state index contributed by atoms with van der Waals surface area (Å²) in [4.78, 5) is 31.9. The van der Waals surface area contributed by atoms with Crippen LogP contribution in [-0.2, 0) is 11.3 Å². The molecule has 1 heterocycles. The van der Waals surface area contributed by atoms with Crippen LogP contribution in [0, 0.1) is 0 Å². The molecule has 0 saturated carbocycles. The fourth-order valence-electron chi connectivity index (χ4n) is 3.22. The maximum absolute atomic E-state index is 12.8. The van der Waals surface area contributed by atoms with E-state index in [1.807, 2.05) is 11.8 Å². The molecule has 0 fully saturated rings. The number of nitrogens with zero attached hydrogens (tertiary/aromatic N) is 3. The number of aromatic nitrogens is 2. The topological polar surface area (TPSA) is 55.2 Å². The standard InChI is InChI=1S/C20H22ClN3O2S/c1-3-11-24-19(26)16-10-9-14(21)12-17(16)22-20(24)27-13-18(25)23(4-2)15-7-5-6-8-15/h3,7,9-10,12H,1,4-6,8,11,13H2,2H3. The fraction of sp³-hybridized carbons (Fsp3) is 0.350. The van der Waals surface area contributed by atoms with Gasteiger partial charge in [-0.2, -0.15) is 0 Å². The van der Waals surface area contributed by atoms with Crippen molar-refractivity contribution >= 4 is 40.2 Å². The van der Waals surface area contributed by atoms with Crippen molar-refractivity contribution < 1.29 is 4.79 Å². The molecular weight excluding hydrogens is 382 g/mol. The van der Waals surface area contributed by atoms with Gasteiger partial charge >= 0.3 is 0 Å². The van der Waals surface area contributed by atoms with Gasteiger partial charge in [0.15, 0.2) is 5.16 Å². The lowest BCUT2D eigenvalue weighted by Crippen LogP contribution is -2.31. The molecule has 0 radical (unpaired) electrons. The number of rotatable bonds is 7. The third-order valence-corrected chi connectivity index (χ3v) is 5.70. The smallest absolute Gasteiger partial charge is 0.262 e. The van der Waals surface area contributed by atoms with Crippen molar-refractivity contribution in [1.82, 2.24) is 14.5 Å². The number of carbonyl (C=O) groups excluding carboxylic acids is 1. The van der Waals surface area contributed by atoms with Crippen LogP contribution in [0.15, 0.2) is 52.6 Å². The molecule has 1 aliphatic carbocycles. The Hall–Kier alpha value is -2.05. The number of benzene rings is 1. The summed E-state index contributed by atoms with van der Waals surface area (Å²) in [6.07, 6.45) is 6.85. The van der Waals surface area contributed by atoms with Crippen molar-refractivity contribution in [2.75, 3.05) is 12.3 Å². The summed E-state index contributed by atoms with van der Waals surface area (Å²) in [6, 6.07) is 5.03. The van der Waals surface area contributed by atoms with Crippen LogP contribution in [0.1, 0.15) is 26.2 Å². The normalized spacial score (nSPS) is 13.6. The van der Waals surface area contributed by atoms with Crippen LogP contribution in [0.4, 0.5) is 0 Å². The first-order valence-corrected chi connectivity index (χ1v) is 10.3. The highest BCUT2D eigenvalue weighted by molar-refractivity contribution is 7.99. The monoisotopic (exact) mass is 403 g/mol. The second-order valence-electron chi connectivity index (χ2n) is 6.27. The Labute approximate surface area is 167 Å². The summed E-state index contributed by atoms with van der Waals surface area (Å²) in [7, 11) is 0. The summed E-state index contributed by atoms with van der Waals surface area (Å²) < 4.78 is 1.55. The molecule has 0 atom stereocenters. The van der Waals surface area contributed by atoms with E-state index in [9.17, 15) is 9.59 Å². The summed E-state index contributed by atoms with van der Waals surface area (Å²) >= 11 is 7.32. The Morgan fingerprint density at radius 1 is 1.48 bits per heavy atom. The highest BCUT2D eigenvalue weighted by Gasteiger charge is 2.20. The van der Waals surface area contributed by atoms with Crippen molar-refractivity contribution in [1.29, 1.82) is 0 Å².